The Hall–Kier alpha value is -6.18. The Morgan fingerprint density at radius 3 is 1.62 bits per heavy atom. The van der Waals surface area contributed by atoms with Crippen LogP contribution in [-0.4, -0.2) is 15.0 Å². The van der Waals surface area contributed by atoms with Crippen LogP contribution in [0.2, 0.25) is 0 Å². The van der Waals surface area contributed by atoms with Crippen LogP contribution in [0.3, 0.4) is 0 Å². The van der Waals surface area contributed by atoms with E-state index in [4.69, 9.17) is 15.0 Å². The second-order valence-corrected chi connectivity index (χ2v) is 16.1. The summed E-state index contributed by atoms with van der Waals surface area (Å²) < 4.78 is 0. The van der Waals surface area contributed by atoms with Gasteiger partial charge in [-0.3, -0.25) is 0 Å². The van der Waals surface area contributed by atoms with Crippen molar-refractivity contribution < 1.29 is 0 Å². The smallest absolute Gasteiger partial charge is 0.164 e. The van der Waals surface area contributed by atoms with Crippen LogP contribution >= 0.6 is 0 Å². The third-order valence-electron chi connectivity index (χ3n) is 12.9. The first kappa shape index (κ1) is 33.4. The Kier molecular flexibility index (Phi) is 8.07. The van der Waals surface area contributed by atoms with Gasteiger partial charge in [0, 0.05) is 27.7 Å². The second kappa shape index (κ2) is 13.3. The molecule has 3 aliphatic carbocycles. The largest absolute Gasteiger partial charge is 0.208 e. The summed E-state index contributed by atoms with van der Waals surface area (Å²) in [6.07, 6.45) is 5.13. The predicted octanol–water partition coefficient (Wildman–Crippen LogP) is 12.4. The quantitative estimate of drug-likeness (QED) is 0.178. The summed E-state index contributed by atoms with van der Waals surface area (Å²) in [6.45, 7) is 4.99. The second-order valence-electron chi connectivity index (χ2n) is 16.1. The molecule has 0 radical (unpaired) electrons. The van der Waals surface area contributed by atoms with E-state index in [0.29, 0.717) is 34.9 Å². The van der Waals surface area contributed by atoms with Crippen LogP contribution in [-0.2, 0) is 5.41 Å². The van der Waals surface area contributed by atoms with Crippen LogP contribution in [0.25, 0.3) is 67.5 Å². The molecule has 0 aliphatic heterocycles. The van der Waals surface area contributed by atoms with Crippen molar-refractivity contribution in [1.82, 2.24) is 15.0 Å². The fraction of sp³-hybridized carbons (Fsp3) is 0.216. The molecule has 5 atom stereocenters. The molecule has 2 saturated carbocycles. The van der Waals surface area contributed by atoms with E-state index < -0.39 is 0 Å². The SMILES string of the molecule is CC1CC2CC(C)C3(c4cccc(-c5ccc(-c6nc(-c7ccccc7)nc(-c7ccccc7)n6)cc5)c4-c4c(-c5ccccc5C#N)cccc43)C(C1)C2. The molecule has 55 heavy (non-hydrogen) atoms. The molecule has 2 fully saturated rings. The summed E-state index contributed by atoms with van der Waals surface area (Å²) in [5, 5.41) is 10.3. The third kappa shape index (κ3) is 5.36. The lowest BCUT2D eigenvalue weighted by Gasteiger charge is -2.54. The minimum atomic E-state index is -0.0735. The molecule has 2 bridgehead atoms. The maximum absolute atomic E-state index is 10.3. The van der Waals surface area contributed by atoms with E-state index in [1.165, 1.54) is 53.5 Å². The maximum atomic E-state index is 10.3. The van der Waals surface area contributed by atoms with Crippen molar-refractivity contribution in [1.29, 1.82) is 5.26 Å². The van der Waals surface area contributed by atoms with E-state index in [-0.39, 0.29) is 5.41 Å². The average Bonchev–Trinajstić information content (AvgIpc) is 3.55. The molecule has 0 N–H and O–H groups in total. The summed E-state index contributed by atoms with van der Waals surface area (Å²) in [5.41, 5.74) is 13.6. The van der Waals surface area contributed by atoms with Crippen molar-refractivity contribution in [3.05, 3.63) is 162 Å². The lowest BCUT2D eigenvalue weighted by molar-refractivity contribution is 0.0426. The van der Waals surface area contributed by atoms with Gasteiger partial charge in [-0.1, -0.05) is 153 Å². The molecule has 3 aliphatic rings. The third-order valence-corrected chi connectivity index (χ3v) is 12.9. The first-order chi connectivity index (χ1) is 27.0. The van der Waals surface area contributed by atoms with E-state index in [1.54, 1.807) is 0 Å². The van der Waals surface area contributed by atoms with Gasteiger partial charge in [0.25, 0.3) is 0 Å². The predicted molar refractivity (Wildman–Crippen MR) is 222 cm³/mol. The van der Waals surface area contributed by atoms with Crippen molar-refractivity contribution in [3.8, 4) is 73.6 Å². The Morgan fingerprint density at radius 2 is 1.00 bits per heavy atom. The van der Waals surface area contributed by atoms with Gasteiger partial charge in [-0.2, -0.15) is 5.26 Å². The van der Waals surface area contributed by atoms with Gasteiger partial charge in [-0.25, -0.2) is 15.0 Å². The Morgan fingerprint density at radius 1 is 0.491 bits per heavy atom. The highest BCUT2D eigenvalue weighted by Gasteiger charge is 2.57. The topological polar surface area (TPSA) is 62.5 Å². The Labute approximate surface area is 323 Å². The van der Waals surface area contributed by atoms with Gasteiger partial charge in [-0.15, -0.1) is 0 Å². The fourth-order valence-corrected chi connectivity index (χ4v) is 10.9. The molecule has 0 amide bonds. The number of fused-ring (bicyclic) bond motifs is 8. The van der Waals surface area contributed by atoms with Gasteiger partial charge in [0.15, 0.2) is 17.5 Å². The van der Waals surface area contributed by atoms with Gasteiger partial charge in [0.1, 0.15) is 0 Å². The molecule has 4 heteroatoms. The highest BCUT2D eigenvalue weighted by Crippen LogP contribution is 2.66. The number of nitrogens with zero attached hydrogens (tertiary/aromatic N) is 4. The molecular weight excluding hydrogens is 669 g/mol. The fourth-order valence-electron chi connectivity index (χ4n) is 10.9. The molecule has 266 valence electrons. The number of aromatic nitrogens is 3. The summed E-state index contributed by atoms with van der Waals surface area (Å²) in [4.78, 5) is 14.9. The van der Waals surface area contributed by atoms with Crippen LogP contribution < -0.4 is 0 Å². The zero-order valence-electron chi connectivity index (χ0n) is 31.3. The Bertz CT molecular complexity index is 2540. The first-order valence-electron chi connectivity index (χ1n) is 19.8. The molecule has 10 rings (SSSR count). The van der Waals surface area contributed by atoms with Crippen LogP contribution in [0, 0.1) is 35.0 Å². The number of hydrogen-bond acceptors (Lipinski definition) is 4. The van der Waals surface area contributed by atoms with Crippen molar-refractivity contribution in [2.24, 2.45) is 23.7 Å². The monoisotopic (exact) mass is 710 g/mol. The number of hydrogen-bond donors (Lipinski definition) is 0. The summed E-state index contributed by atoms with van der Waals surface area (Å²) in [7, 11) is 0. The Balaban J connectivity index is 1.15. The van der Waals surface area contributed by atoms with E-state index in [1.807, 2.05) is 72.8 Å². The molecule has 6 aromatic carbocycles. The van der Waals surface area contributed by atoms with Crippen molar-refractivity contribution in [2.45, 2.75) is 44.9 Å². The van der Waals surface area contributed by atoms with Gasteiger partial charge >= 0.3 is 0 Å². The molecule has 4 nitrogen and oxygen atoms in total. The summed E-state index contributed by atoms with van der Waals surface area (Å²) in [6, 6.07) is 53.6. The van der Waals surface area contributed by atoms with E-state index in [0.717, 1.165) is 45.2 Å². The van der Waals surface area contributed by atoms with Crippen LogP contribution in [0.15, 0.2) is 146 Å². The minimum absolute atomic E-state index is 0.0735. The van der Waals surface area contributed by atoms with Gasteiger partial charge in [-0.05, 0) is 94.4 Å². The van der Waals surface area contributed by atoms with Crippen LogP contribution in [0.1, 0.15) is 56.2 Å². The molecule has 0 saturated heterocycles. The minimum Gasteiger partial charge on any atom is -0.208 e. The molecule has 1 heterocycles. The summed E-state index contributed by atoms with van der Waals surface area (Å²) in [5.74, 6) is 4.55. The van der Waals surface area contributed by atoms with Gasteiger partial charge < -0.3 is 0 Å². The normalized spacial score (nSPS) is 22.1. The zero-order chi connectivity index (χ0) is 37.1. The van der Waals surface area contributed by atoms with Crippen LogP contribution in [0.5, 0.6) is 0 Å². The zero-order valence-corrected chi connectivity index (χ0v) is 31.3. The van der Waals surface area contributed by atoms with Crippen LogP contribution in [0.4, 0.5) is 0 Å². The molecule has 1 spiro atoms. The van der Waals surface area contributed by atoms with E-state index in [9.17, 15) is 5.26 Å². The van der Waals surface area contributed by atoms with Crippen molar-refractivity contribution >= 4 is 0 Å². The average molecular weight is 711 g/mol. The van der Waals surface area contributed by atoms with Gasteiger partial charge in [0.2, 0.25) is 0 Å². The molecule has 7 aromatic rings. The molecule has 1 aromatic heterocycles. The number of rotatable bonds is 5. The molecular formula is C51H42N4. The van der Waals surface area contributed by atoms with Gasteiger partial charge in [0.05, 0.1) is 11.6 Å². The standard InChI is InChI=1S/C51H42N4/c1-32-27-34-29-33(2)51(40(28-32)30-34)44-21-11-19-42(46(44)47-43(20-12-22-45(47)51)41-18-10-9-17-39(41)31-52)35-23-25-38(26-24-35)50-54-48(36-13-5-3-6-14-36)53-49(55-50)37-15-7-4-8-16-37/h3-26,32-34,40H,27-30H2,1-2H3. The highest BCUT2D eigenvalue weighted by molar-refractivity contribution is 6.00. The summed E-state index contributed by atoms with van der Waals surface area (Å²) >= 11 is 0. The number of nitriles is 1. The van der Waals surface area contributed by atoms with E-state index in [2.05, 4.69) is 92.7 Å². The highest BCUT2D eigenvalue weighted by atomic mass is 15.0. The maximum Gasteiger partial charge on any atom is 0.164 e. The van der Waals surface area contributed by atoms with Crippen molar-refractivity contribution in [2.75, 3.05) is 0 Å². The van der Waals surface area contributed by atoms with Crippen molar-refractivity contribution in [3.63, 3.8) is 0 Å². The van der Waals surface area contributed by atoms with E-state index >= 15 is 0 Å². The number of benzene rings is 6. The lowest BCUT2D eigenvalue weighted by Crippen LogP contribution is -2.49. The first-order valence-corrected chi connectivity index (χ1v) is 19.8. The lowest BCUT2D eigenvalue weighted by atomic mass is 9.49. The molecule has 5 unspecified atom stereocenters.